The number of hydrogen-bond acceptors (Lipinski definition) is 2. The highest BCUT2D eigenvalue weighted by atomic mass is 16.2. The number of hydrogen-bond donors (Lipinski definition) is 2. The molecular formula is C20H24N2O. The molecule has 0 aliphatic heterocycles. The predicted octanol–water partition coefficient (Wildman–Crippen LogP) is 3.74. The van der Waals surface area contributed by atoms with Crippen molar-refractivity contribution in [3.8, 4) is 0 Å². The second-order valence-corrected chi connectivity index (χ2v) is 5.69. The Morgan fingerprint density at radius 2 is 1.70 bits per heavy atom. The van der Waals surface area contributed by atoms with Crippen LogP contribution >= 0.6 is 0 Å². The molecule has 23 heavy (non-hydrogen) atoms. The fraction of sp³-hybridized carbons (Fsp3) is 0.250. The van der Waals surface area contributed by atoms with E-state index in [-0.39, 0.29) is 17.9 Å². The molecular weight excluding hydrogens is 284 g/mol. The van der Waals surface area contributed by atoms with Crippen LogP contribution in [-0.4, -0.2) is 11.9 Å². The van der Waals surface area contributed by atoms with Gasteiger partial charge in [0.2, 0.25) is 0 Å². The van der Waals surface area contributed by atoms with Crippen molar-refractivity contribution in [2.45, 2.75) is 25.8 Å². The summed E-state index contributed by atoms with van der Waals surface area (Å²) in [5.74, 6) is 0.140. The van der Waals surface area contributed by atoms with Crippen LogP contribution in [0, 0.1) is 5.92 Å². The quantitative estimate of drug-likeness (QED) is 0.576. The Balaban J connectivity index is 1.91. The molecule has 2 atom stereocenters. The number of carbonyl (C=O) groups excluding carboxylic acids is 1. The first kappa shape index (κ1) is 17.0. The summed E-state index contributed by atoms with van der Waals surface area (Å²) in [5, 5.41) is 0. The molecule has 0 bridgehead atoms. The Morgan fingerprint density at radius 1 is 1.09 bits per heavy atom. The molecule has 0 aromatic heterocycles. The van der Waals surface area contributed by atoms with Crippen LogP contribution in [-0.2, 0) is 6.42 Å². The normalized spacial score (nSPS) is 13.1. The minimum atomic E-state index is -0.119. The molecule has 0 saturated carbocycles. The van der Waals surface area contributed by atoms with E-state index in [1.807, 2.05) is 42.5 Å². The maximum atomic E-state index is 12.1. The van der Waals surface area contributed by atoms with E-state index < -0.39 is 0 Å². The van der Waals surface area contributed by atoms with E-state index in [1.165, 1.54) is 5.56 Å². The van der Waals surface area contributed by atoms with Crippen molar-refractivity contribution in [1.82, 2.24) is 10.9 Å². The average molecular weight is 308 g/mol. The summed E-state index contributed by atoms with van der Waals surface area (Å²) in [4.78, 5) is 12.1. The zero-order valence-electron chi connectivity index (χ0n) is 13.5. The topological polar surface area (TPSA) is 41.1 Å². The van der Waals surface area contributed by atoms with Crippen LogP contribution in [0.3, 0.4) is 0 Å². The molecule has 0 aliphatic carbocycles. The summed E-state index contributed by atoms with van der Waals surface area (Å²) in [6, 6.07) is 19.7. The third kappa shape index (κ3) is 5.38. The third-order valence-electron chi connectivity index (χ3n) is 4.00. The number of hydrazine groups is 1. The Morgan fingerprint density at radius 3 is 2.30 bits per heavy atom. The molecule has 3 nitrogen and oxygen atoms in total. The Labute approximate surface area is 138 Å². The summed E-state index contributed by atoms with van der Waals surface area (Å²) in [5.41, 5.74) is 7.92. The molecule has 0 aliphatic rings. The minimum absolute atomic E-state index is 0.119. The van der Waals surface area contributed by atoms with Crippen molar-refractivity contribution in [2.75, 3.05) is 0 Å². The molecule has 120 valence electrons. The second-order valence-electron chi connectivity index (χ2n) is 5.69. The zero-order valence-corrected chi connectivity index (χ0v) is 13.5. The highest BCUT2D eigenvalue weighted by Crippen LogP contribution is 2.12. The first-order valence-electron chi connectivity index (χ1n) is 7.98. The highest BCUT2D eigenvalue weighted by molar-refractivity contribution is 5.93. The number of benzene rings is 2. The predicted molar refractivity (Wildman–Crippen MR) is 95.0 cm³/mol. The van der Waals surface area contributed by atoms with Crippen molar-refractivity contribution < 1.29 is 4.79 Å². The maximum absolute atomic E-state index is 12.1. The highest BCUT2D eigenvalue weighted by Gasteiger charge is 2.15. The van der Waals surface area contributed by atoms with E-state index in [1.54, 1.807) is 12.1 Å². The van der Waals surface area contributed by atoms with E-state index in [4.69, 9.17) is 0 Å². The van der Waals surface area contributed by atoms with Gasteiger partial charge in [0.05, 0.1) is 0 Å². The van der Waals surface area contributed by atoms with Gasteiger partial charge in [-0.2, -0.15) is 0 Å². The maximum Gasteiger partial charge on any atom is 0.265 e. The van der Waals surface area contributed by atoms with Gasteiger partial charge in [0.1, 0.15) is 0 Å². The molecule has 0 fully saturated rings. The largest absolute Gasteiger partial charge is 0.287 e. The van der Waals surface area contributed by atoms with Crippen LogP contribution in [0.15, 0.2) is 73.3 Å². The molecule has 0 unspecified atom stereocenters. The second kappa shape index (κ2) is 8.91. The van der Waals surface area contributed by atoms with Crippen LogP contribution in [0.5, 0.6) is 0 Å². The smallest absolute Gasteiger partial charge is 0.265 e. The van der Waals surface area contributed by atoms with Crippen LogP contribution in [0.4, 0.5) is 0 Å². The van der Waals surface area contributed by atoms with Gasteiger partial charge in [0.25, 0.3) is 5.91 Å². The SMILES string of the molecule is C=C[C@H](C)[C@@H](CCc1ccccc1)NNC(=O)c1ccccc1. The lowest BCUT2D eigenvalue weighted by atomic mass is 9.96. The van der Waals surface area contributed by atoms with E-state index in [0.717, 1.165) is 12.8 Å². The average Bonchev–Trinajstić information content (AvgIpc) is 2.62. The van der Waals surface area contributed by atoms with Gasteiger partial charge in [0, 0.05) is 11.6 Å². The fourth-order valence-corrected chi connectivity index (χ4v) is 2.42. The van der Waals surface area contributed by atoms with Crippen molar-refractivity contribution in [1.29, 1.82) is 0 Å². The number of amides is 1. The van der Waals surface area contributed by atoms with Crippen LogP contribution in [0.25, 0.3) is 0 Å². The Hall–Kier alpha value is -2.39. The molecule has 2 aromatic carbocycles. The Bertz CT molecular complexity index is 610. The van der Waals surface area contributed by atoms with Crippen molar-refractivity contribution in [2.24, 2.45) is 5.92 Å². The monoisotopic (exact) mass is 308 g/mol. The van der Waals surface area contributed by atoms with Gasteiger partial charge in [-0.15, -0.1) is 6.58 Å². The van der Waals surface area contributed by atoms with Gasteiger partial charge in [-0.05, 0) is 36.5 Å². The molecule has 0 radical (unpaired) electrons. The van der Waals surface area contributed by atoms with Crippen LogP contribution < -0.4 is 10.9 Å². The summed E-state index contributed by atoms with van der Waals surface area (Å²) in [6.07, 6.45) is 3.79. The number of carbonyl (C=O) groups is 1. The van der Waals surface area contributed by atoms with Crippen LogP contribution in [0.2, 0.25) is 0 Å². The van der Waals surface area contributed by atoms with E-state index >= 15 is 0 Å². The van der Waals surface area contributed by atoms with Gasteiger partial charge >= 0.3 is 0 Å². The molecule has 0 spiro atoms. The molecule has 0 saturated heterocycles. The summed E-state index contributed by atoms with van der Waals surface area (Å²) in [6.45, 7) is 5.97. The molecule has 0 heterocycles. The van der Waals surface area contributed by atoms with E-state index in [0.29, 0.717) is 5.56 Å². The van der Waals surface area contributed by atoms with Gasteiger partial charge in [-0.3, -0.25) is 10.2 Å². The summed E-state index contributed by atoms with van der Waals surface area (Å²) < 4.78 is 0. The fourth-order valence-electron chi connectivity index (χ4n) is 2.42. The van der Waals surface area contributed by atoms with Crippen molar-refractivity contribution in [3.63, 3.8) is 0 Å². The molecule has 2 aromatic rings. The lowest BCUT2D eigenvalue weighted by molar-refractivity contribution is 0.0919. The lowest BCUT2D eigenvalue weighted by Gasteiger charge is -2.23. The number of rotatable bonds is 8. The molecule has 1 amide bonds. The van der Waals surface area contributed by atoms with Gasteiger partial charge in [-0.1, -0.05) is 61.5 Å². The van der Waals surface area contributed by atoms with Gasteiger partial charge in [0.15, 0.2) is 0 Å². The molecule has 3 heteroatoms. The van der Waals surface area contributed by atoms with E-state index in [2.05, 4.69) is 36.5 Å². The Kier molecular flexibility index (Phi) is 6.57. The minimum Gasteiger partial charge on any atom is -0.287 e. The third-order valence-corrected chi connectivity index (χ3v) is 4.00. The van der Waals surface area contributed by atoms with Crippen molar-refractivity contribution in [3.05, 3.63) is 84.4 Å². The lowest BCUT2D eigenvalue weighted by Crippen LogP contribution is -2.47. The van der Waals surface area contributed by atoms with E-state index in [9.17, 15) is 4.79 Å². The first-order chi connectivity index (χ1) is 11.2. The van der Waals surface area contributed by atoms with Crippen LogP contribution in [0.1, 0.15) is 29.3 Å². The standard InChI is InChI=1S/C20H24N2O/c1-3-16(2)19(15-14-17-10-6-4-7-11-17)21-22-20(23)18-12-8-5-9-13-18/h3-13,16,19,21H,1,14-15H2,2H3,(H,22,23)/t16-,19+/m0/s1. The first-order valence-corrected chi connectivity index (χ1v) is 7.98. The number of nitrogens with one attached hydrogen (secondary N) is 2. The van der Waals surface area contributed by atoms with Crippen molar-refractivity contribution >= 4 is 5.91 Å². The molecule has 2 rings (SSSR count). The number of aryl methyl sites for hydroxylation is 1. The molecule has 2 N–H and O–H groups in total. The van der Waals surface area contributed by atoms with Gasteiger partial charge in [-0.25, -0.2) is 5.43 Å². The van der Waals surface area contributed by atoms with Gasteiger partial charge < -0.3 is 0 Å². The summed E-state index contributed by atoms with van der Waals surface area (Å²) in [7, 11) is 0. The summed E-state index contributed by atoms with van der Waals surface area (Å²) >= 11 is 0. The zero-order chi connectivity index (χ0) is 16.5.